The van der Waals surface area contributed by atoms with E-state index in [-0.39, 0.29) is 11.6 Å². The van der Waals surface area contributed by atoms with Crippen molar-refractivity contribution in [3.05, 3.63) is 88.6 Å². The number of fused-ring (bicyclic) bond motifs is 3. The van der Waals surface area contributed by atoms with Gasteiger partial charge < -0.3 is 0 Å². The van der Waals surface area contributed by atoms with Crippen molar-refractivity contribution in [1.82, 2.24) is 19.6 Å². The highest BCUT2D eigenvalue weighted by Gasteiger charge is 2.35. The molecule has 1 unspecified atom stereocenters. The smallest absolute Gasteiger partial charge is 0.251 e. The molecule has 1 saturated carbocycles. The largest absolute Gasteiger partial charge is 0.347 e. The number of hydrogen-bond donors (Lipinski definition) is 1. The van der Waals surface area contributed by atoms with Gasteiger partial charge in [-0.25, -0.2) is 14.3 Å². The molecule has 0 spiro atoms. The van der Waals surface area contributed by atoms with Gasteiger partial charge >= 0.3 is 5.69 Å². The van der Waals surface area contributed by atoms with E-state index < -0.39 is 0 Å². The predicted molar refractivity (Wildman–Crippen MR) is 123 cm³/mol. The zero-order valence-corrected chi connectivity index (χ0v) is 17.5. The molecule has 1 N–H and O–H groups in total. The molecule has 6 rings (SSSR count). The molecule has 0 saturated heterocycles. The van der Waals surface area contributed by atoms with E-state index >= 15 is 0 Å². The van der Waals surface area contributed by atoms with E-state index in [1.165, 1.54) is 29.2 Å². The number of benzene rings is 1. The average molecular weight is 409 g/mol. The first-order chi connectivity index (χ1) is 15.1. The standard InChI is InChI=1S/C26H24N4O/c1-26(13-5-14-26)19-10-8-18(9-11-19)23-20(17-6-3-2-4-7-17)16-21-22(27-23)12-15-30-24(21)28-29-25(30)31/h2-4,6-8,10-12,15-16,18H,5,9,13-14H2,1H3,(H,29,31). The molecule has 5 heteroatoms. The lowest BCUT2D eigenvalue weighted by Crippen LogP contribution is -2.28. The quantitative estimate of drug-likeness (QED) is 0.494. The molecule has 2 aliphatic carbocycles. The van der Waals surface area contributed by atoms with Gasteiger partial charge in [-0.3, -0.25) is 4.98 Å². The van der Waals surface area contributed by atoms with E-state index in [2.05, 4.69) is 65.7 Å². The van der Waals surface area contributed by atoms with Crippen LogP contribution in [-0.2, 0) is 0 Å². The Kier molecular flexibility index (Phi) is 4.00. The van der Waals surface area contributed by atoms with Gasteiger partial charge in [-0.15, -0.1) is 0 Å². The Morgan fingerprint density at radius 1 is 1.16 bits per heavy atom. The Bertz CT molecular complexity index is 1420. The molecular formula is C26H24N4O. The fourth-order valence-corrected chi connectivity index (χ4v) is 5.02. The number of rotatable bonds is 3. The number of hydrogen-bond acceptors (Lipinski definition) is 3. The lowest BCUT2D eigenvalue weighted by Gasteiger charge is -2.41. The molecule has 1 aromatic carbocycles. The van der Waals surface area contributed by atoms with E-state index in [0.29, 0.717) is 11.1 Å². The maximum atomic E-state index is 12.0. The van der Waals surface area contributed by atoms with Crippen molar-refractivity contribution >= 4 is 16.6 Å². The van der Waals surface area contributed by atoms with Crippen LogP contribution in [0.2, 0.25) is 0 Å². The third kappa shape index (κ3) is 2.87. The van der Waals surface area contributed by atoms with Crippen molar-refractivity contribution in [3.63, 3.8) is 0 Å². The summed E-state index contributed by atoms with van der Waals surface area (Å²) < 4.78 is 1.54. The van der Waals surface area contributed by atoms with E-state index in [4.69, 9.17) is 4.98 Å². The third-order valence-corrected chi connectivity index (χ3v) is 7.10. The Hall–Kier alpha value is -3.47. The Balaban J connectivity index is 1.51. The molecule has 0 radical (unpaired) electrons. The van der Waals surface area contributed by atoms with Gasteiger partial charge in [0.05, 0.1) is 11.2 Å². The summed E-state index contributed by atoms with van der Waals surface area (Å²) in [5.41, 5.74) is 6.37. The SMILES string of the molecule is CC1(C2=CCC(c3nc4ccn5c(=O)[nH]nc5c4cc3-c3ccccc3)C=C2)CCC1. The minimum atomic E-state index is -0.236. The van der Waals surface area contributed by atoms with Gasteiger partial charge in [0.15, 0.2) is 5.65 Å². The summed E-state index contributed by atoms with van der Waals surface area (Å²) in [6.45, 7) is 2.38. The van der Waals surface area contributed by atoms with Crippen LogP contribution in [-0.4, -0.2) is 19.6 Å². The van der Waals surface area contributed by atoms with E-state index in [0.717, 1.165) is 34.1 Å². The molecule has 0 bridgehead atoms. The zero-order valence-electron chi connectivity index (χ0n) is 17.5. The van der Waals surface area contributed by atoms with Gasteiger partial charge in [0.1, 0.15) is 0 Å². The first-order valence-electron chi connectivity index (χ1n) is 11.0. The van der Waals surface area contributed by atoms with E-state index in [9.17, 15) is 4.79 Å². The van der Waals surface area contributed by atoms with Crippen LogP contribution in [0, 0.1) is 5.41 Å². The minimum Gasteiger partial charge on any atom is -0.251 e. The molecule has 0 amide bonds. The fourth-order valence-electron chi connectivity index (χ4n) is 5.02. The van der Waals surface area contributed by atoms with Crippen molar-refractivity contribution in [2.24, 2.45) is 5.41 Å². The van der Waals surface area contributed by atoms with Gasteiger partial charge in [-0.1, -0.05) is 61.9 Å². The van der Waals surface area contributed by atoms with Crippen molar-refractivity contribution in [2.45, 2.75) is 38.5 Å². The van der Waals surface area contributed by atoms with Crippen LogP contribution in [0.4, 0.5) is 0 Å². The van der Waals surface area contributed by atoms with Gasteiger partial charge in [0.25, 0.3) is 0 Å². The Morgan fingerprint density at radius 2 is 2.00 bits per heavy atom. The number of nitrogens with one attached hydrogen (secondary N) is 1. The molecule has 154 valence electrons. The maximum absolute atomic E-state index is 12.0. The van der Waals surface area contributed by atoms with Crippen LogP contribution in [0.3, 0.4) is 0 Å². The number of allylic oxidation sites excluding steroid dienone is 4. The minimum absolute atomic E-state index is 0.227. The lowest BCUT2D eigenvalue weighted by molar-refractivity contribution is 0.219. The monoisotopic (exact) mass is 408 g/mol. The molecule has 4 aromatic rings. The predicted octanol–water partition coefficient (Wildman–Crippen LogP) is 5.40. The highest BCUT2D eigenvalue weighted by molar-refractivity contribution is 5.94. The number of pyridine rings is 2. The molecule has 0 aliphatic heterocycles. The fraction of sp³-hybridized carbons (Fsp3) is 0.269. The molecule has 3 heterocycles. The summed E-state index contributed by atoms with van der Waals surface area (Å²) >= 11 is 0. The van der Waals surface area contributed by atoms with Crippen LogP contribution >= 0.6 is 0 Å². The Morgan fingerprint density at radius 3 is 2.71 bits per heavy atom. The summed E-state index contributed by atoms with van der Waals surface area (Å²) in [4.78, 5) is 17.1. The molecule has 31 heavy (non-hydrogen) atoms. The van der Waals surface area contributed by atoms with Crippen molar-refractivity contribution < 1.29 is 0 Å². The molecule has 3 aromatic heterocycles. The summed E-state index contributed by atoms with van der Waals surface area (Å²) in [6.07, 6.45) is 13.7. The number of nitrogens with zero attached hydrogens (tertiary/aromatic N) is 3. The summed E-state index contributed by atoms with van der Waals surface area (Å²) in [7, 11) is 0. The van der Waals surface area contributed by atoms with E-state index in [1.54, 1.807) is 6.20 Å². The highest BCUT2D eigenvalue weighted by atomic mass is 16.1. The zero-order chi connectivity index (χ0) is 21.0. The normalized spacial score (nSPS) is 20.0. The summed E-state index contributed by atoms with van der Waals surface area (Å²) in [5.74, 6) is 0.227. The van der Waals surface area contributed by atoms with Crippen LogP contribution in [0.25, 0.3) is 27.7 Å². The molecule has 1 fully saturated rings. The summed E-state index contributed by atoms with van der Waals surface area (Å²) in [5, 5.41) is 7.66. The molecular weight excluding hydrogens is 384 g/mol. The number of H-pyrrole nitrogens is 1. The second kappa shape index (κ2) is 6.77. The topological polar surface area (TPSA) is 63.1 Å². The highest BCUT2D eigenvalue weighted by Crippen LogP contribution is 2.49. The van der Waals surface area contributed by atoms with Gasteiger partial charge in [-0.05, 0) is 47.9 Å². The second-order valence-electron chi connectivity index (χ2n) is 9.03. The van der Waals surface area contributed by atoms with Gasteiger partial charge in [-0.2, -0.15) is 5.10 Å². The van der Waals surface area contributed by atoms with Crippen LogP contribution < -0.4 is 5.69 Å². The lowest BCUT2D eigenvalue weighted by atomic mass is 9.64. The van der Waals surface area contributed by atoms with Crippen LogP contribution in [0.1, 0.15) is 44.2 Å². The average Bonchev–Trinajstić information content (AvgIpc) is 3.18. The molecule has 2 aliphatic rings. The molecule has 1 atom stereocenters. The van der Waals surface area contributed by atoms with Crippen molar-refractivity contribution in [1.29, 1.82) is 0 Å². The second-order valence-corrected chi connectivity index (χ2v) is 9.03. The first-order valence-corrected chi connectivity index (χ1v) is 11.0. The van der Waals surface area contributed by atoms with Crippen LogP contribution in [0.15, 0.2) is 77.3 Å². The number of aromatic nitrogens is 4. The van der Waals surface area contributed by atoms with Crippen molar-refractivity contribution in [3.8, 4) is 11.1 Å². The number of aromatic amines is 1. The maximum Gasteiger partial charge on any atom is 0.347 e. The third-order valence-electron chi connectivity index (χ3n) is 7.10. The first kappa shape index (κ1) is 18.3. The Labute approximate surface area is 180 Å². The molecule has 5 nitrogen and oxygen atoms in total. The van der Waals surface area contributed by atoms with Crippen LogP contribution in [0.5, 0.6) is 0 Å². The van der Waals surface area contributed by atoms with Gasteiger partial charge in [0.2, 0.25) is 0 Å². The van der Waals surface area contributed by atoms with Gasteiger partial charge in [0, 0.05) is 23.1 Å². The van der Waals surface area contributed by atoms with E-state index in [1.807, 2.05) is 12.1 Å². The summed E-state index contributed by atoms with van der Waals surface area (Å²) in [6, 6.07) is 14.4. The van der Waals surface area contributed by atoms with Crippen molar-refractivity contribution in [2.75, 3.05) is 0 Å².